The topological polar surface area (TPSA) is 50.8 Å². The first-order valence-corrected chi connectivity index (χ1v) is 8.31. The third kappa shape index (κ3) is 4.47. The second-order valence-corrected chi connectivity index (χ2v) is 6.14. The lowest BCUT2D eigenvalue weighted by molar-refractivity contribution is -0.117. The van der Waals surface area contributed by atoms with E-state index in [9.17, 15) is 4.79 Å². The first-order valence-electron chi connectivity index (χ1n) is 7.93. The largest absolute Gasteiger partial charge is 0.488 e. The van der Waals surface area contributed by atoms with Crippen LogP contribution in [0.25, 0.3) is 6.08 Å². The van der Waals surface area contributed by atoms with Gasteiger partial charge in [0.05, 0.1) is 18.8 Å². The smallest absolute Gasteiger partial charge is 0.250 e. The minimum atomic E-state index is -0.0717. The molecule has 2 aliphatic heterocycles. The Labute approximate surface area is 141 Å². The Hall–Kier alpha value is -1.56. The number of nitrogens with zero attached hydrogens (tertiary/aromatic N) is 1. The summed E-state index contributed by atoms with van der Waals surface area (Å²) in [6.07, 6.45) is 2.78. The summed E-state index contributed by atoms with van der Waals surface area (Å²) in [6, 6.07) is 5.41. The van der Waals surface area contributed by atoms with Crippen molar-refractivity contribution < 1.29 is 14.3 Å². The van der Waals surface area contributed by atoms with Crippen LogP contribution in [0.4, 0.5) is 0 Å². The second-order valence-electron chi connectivity index (χ2n) is 5.70. The van der Waals surface area contributed by atoms with Gasteiger partial charge in [-0.2, -0.15) is 0 Å². The van der Waals surface area contributed by atoms with Crippen LogP contribution in [-0.4, -0.2) is 56.8 Å². The van der Waals surface area contributed by atoms with Crippen molar-refractivity contribution in [2.24, 2.45) is 0 Å². The number of halogens is 1. The molecule has 1 saturated heterocycles. The molecule has 0 saturated carbocycles. The minimum absolute atomic E-state index is 0.0717. The van der Waals surface area contributed by atoms with Crippen molar-refractivity contribution in [1.82, 2.24) is 10.2 Å². The molecule has 1 fully saturated rings. The molecule has 3 rings (SSSR count). The van der Waals surface area contributed by atoms with Crippen molar-refractivity contribution in [3.63, 3.8) is 0 Å². The van der Waals surface area contributed by atoms with Gasteiger partial charge in [-0.15, -0.1) is 0 Å². The number of benzene rings is 1. The van der Waals surface area contributed by atoms with E-state index in [0.29, 0.717) is 23.7 Å². The Morgan fingerprint density at radius 2 is 2.13 bits per heavy atom. The third-order valence-electron chi connectivity index (χ3n) is 4.02. The summed E-state index contributed by atoms with van der Waals surface area (Å²) in [4.78, 5) is 14.6. The minimum Gasteiger partial charge on any atom is -0.488 e. The molecule has 6 heteroatoms. The van der Waals surface area contributed by atoms with Crippen LogP contribution in [0.3, 0.4) is 0 Å². The number of hydrogen-bond acceptors (Lipinski definition) is 4. The maximum Gasteiger partial charge on any atom is 0.250 e. The van der Waals surface area contributed by atoms with E-state index >= 15 is 0 Å². The number of rotatable bonds is 5. The second kappa shape index (κ2) is 7.81. The highest BCUT2D eigenvalue weighted by atomic mass is 35.5. The van der Waals surface area contributed by atoms with Gasteiger partial charge in [0, 0.05) is 30.2 Å². The molecule has 1 aromatic rings. The van der Waals surface area contributed by atoms with E-state index in [2.05, 4.69) is 10.2 Å². The van der Waals surface area contributed by atoms with Gasteiger partial charge in [0.2, 0.25) is 0 Å². The molecule has 1 N–H and O–H groups in total. The van der Waals surface area contributed by atoms with Crippen LogP contribution in [0.2, 0.25) is 5.02 Å². The van der Waals surface area contributed by atoms with Crippen LogP contribution < -0.4 is 10.1 Å². The fraction of sp³-hybridized carbons (Fsp3) is 0.471. The molecule has 5 nitrogen and oxygen atoms in total. The molecule has 1 aromatic carbocycles. The quantitative estimate of drug-likeness (QED) is 0.835. The molecule has 0 unspecified atom stereocenters. The van der Waals surface area contributed by atoms with Gasteiger partial charge in [0.25, 0.3) is 5.91 Å². The molecule has 0 aliphatic carbocycles. The van der Waals surface area contributed by atoms with Crippen LogP contribution in [0.15, 0.2) is 23.8 Å². The van der Waals surface area contributed by atoms with E-state index in [1.54, 1.807) is 6.07 Å². The maximum absolute atomic E-state index is 12.2. The van der Waals surface area contributed by atoms with Crippen molar-refractivity contribution >= 4 is 23.6 Å². The number of ether oxygens (including phenoxy) is 2. The molecular weight excluding hydrogens is 316 g/mol. The average Bonchev–Trinajstić information content (AvgIpc) is 2.58. The van der Waals surface area contributed by atoms with Gasteiger partial charge in [-0.3, -0.25) is 9.69 Å². The van der Waals surface area contributed by atoms with Crippen LogP contribution in [0.1, 0.15) is 12.0 Å². The molecule has 124 valence electrons. The molecule has 0 bridgehead atoms. The van der Waals surface area contributed by atoms with E-state index < -0.39 is 0 Å². The third-order valence-corrected chi connectivity index (χ3v) is 4.25. The first-order chi connectivity index (χ1) is 11.2. The summed E-state index contributed by atoms with van der Waals surface area (Å²) in [6.45, 7) is 5.50. The van der Waals surface area contributed by atoms with Crippen LogP contribution in [0.5, 0.6) is 5.75 Å². The Kier molecular flexibility index (Phi) is 5.54. The molecule has 2 heterocycles. The SMILES string of the molecule is O=C(NCCCN1CCOCC1)C1=Cc2cc(Cl)ccc2OC1. The van der Waals surface area contributed by atoms with E-state index in [4.69, 9.17) is 21.1 Å². The number of nitrogens with one attached hydrogen (secondary N) is 1. The van der Waals surface area contributed by atoms with Crippen LogP contribution in [0, 0.1) is 0 Å². The van der Waals surface area contributed by atoms with Gasteiger partial charge in [0.1, 0.15) is 12.4 Å². The predicted octanol–water partition coefficient (Wildman–Crippen LogP) is 1.95. The fourth-order valence-corrected chi connectivity index (χ4v) is 2.90. The predicted molar refractivity (Wildman–Crippen MR) is 89.8 cm³/mol. The Balaban J connectivity index is 1.47. The van der Waals surface area contributed by atoms with Gasteiger partial charge >= 0.3 is 0 Å². The van der Waals surface area contributed by atoms with E-state index in [1.165, 1.54) is 0 Å². The summed E-state index contributed by atoms with van der Waals surface area (Å²) in [5, 5.41) is 3.59. The van der Waals surface area contributed by atoms with Gasteiger partial charge in [-0.1, -0.05) is 11.6 Å². The summed E-state index contributed by atoms with van der Waals surface area (Å²) in [5.74, 6) is 0.691. The highest BCUT2D eigenvalue weighted by Crippen LogP contribution is 2.28. The summed E-state index contributed by atoms with van der Waals surface area (Å²) in [5.41, 5.74) is 1.48. The Morgan fingerprint density at radius 1 is 1.30 bits per heavy atom. The zero-order chi connectivity index (χ0) is 16.1. The highest BCUT2D eigenvalue weighted by Gasteiger charge is 2.17. The monoisotopic (exact) mass is 336 g/mol. The lowest BCUT2D eigenvalue weighted by Gasteiger charge is -2.26. The number of carbonyl (C=O) groups is 1. The van der Waals surface area contributed by atoms with Crippen LogP contribution >= 0.6 is 11.6 Å². The van der Waals surface area contributed by atoms with Crippen molar-refractivity contribution in [1.29, 1.82) is 0 Å². The average molecular weight is 337 g/mol. The van der Waals surface area contributed by atoms with Crippen molar-refractivity contribution in [3.8, 4) is 5.75 Å². The number of hydrogen-bond donors (Lipinski definition) is 1. The van der Waals surface area contributed by atoms with Crippen molar-refractivity contribution in [2.75, 3.05) is 46.0 Å². The van der Waals surface area contributed by atoms with E-state index in [1.807, 2.05) is 18.2 Å². The fourth-order valence-electron chi connectivity index (χ4n) is 2.72. The van der Waals surface area contributed by atoms with Crippen molar-refractivity contribution in [2.45, 2.75) is 6.42 Å². The molecule has 0 radical (unpaired) electrons. The lowest BCUT2D eigenvalue weighted by Crippen LogP contribution is -2.38. The van der Waals surface area contributed by atoms with Gasteiger partial charge in [-0.25, -0.2) is 0 Å². The molecular formula is C17H21ClN2O3. The molecule has 1 amide bonds. The molecule has 23 heavy (non-hydrogen) atoms. The Bertz CT molecular complexity index is 598. The lowest BCUT2D eigenvalue weighted by atomic mass is 10.1. The highest BCUT2D eigenvalue weighted by molar-refractivity contribution is 6.30. The Morgan fingerprint density at radius 3 is 2.96 bits per heavy atom. The normalized spacial score (nSPS) is 17.9. The first kappa shape index (κ1) is 16.3. The molecule has 0 aromatic heterocycles. The van der Waals surface area contributed by atoms with Crippen LogP contribution in [-0.2, 0) is 9.53 Å². The summed E-state index contributed by atoms with van der Waals surface area (Å²) < 4.78 is 10.9. The van der Waals surface area contributed by atoms with Gasteiger partial charge in [-0.05, 0) is 37.2 Å². The zero-order valence-corrected chi connectivity index (χ0v) is 13.8. The van der Waals surface area contributed by atoms with E-state index in [0.717, 1.165) is 50.6 Å². The van der Waals surface area contributed by atoms with Gasteiger partial charge in [0.15, 0.2) is 0 Å². The van der Waals surface area contributed by atoms with Gasteiger partial charge < -0.3 is 14.8 Å². The summed E-state index contributed by atoms with van der Waals surface area (Å²) in [7, 11) is 0. The number of fused-ring (bicyclic) bond motifs is 1. The summed E-state index contributed by atoms with van der Waals surface area (Å²) >= 11 is 5.98. The zero-order valence-electron chi connectivity index (χ0n) is 13.0. The van der Waals surface area contributed by atoms with Crippen molar-refractivity contribution in [3.05, 3.63) is 34.4 Å². The number of carbonyl (C=O) groups excluding carboxylic acids is 1. The molecule has 0 atom stereocenters. The molecule has 2 aliphatic rings. The standard InChI is InChI=1S/C17H21ClN2O3/c18-15-2-3-16-13(11-15)10-14(12-23-16)17(21)19-4-1-5-20-6-8-22-9-7-20/h2-3,10-11H,1,4-9,12H2,(H,19,21). The van der Waals surface area contributed by atoms with E-state index in [-0.39, 0.29) is 5.91 Å². The number of amides is 1. The maximum atomic E-state index is 12.2. The number of morpholine rings is 1. The molecule has 0 spiro atoms.